The third-order valence-electron chi connectivity index (χ3n) is 2.70. The molecule has 0 aliphatic heterocycles. The Morgan fingerprint density at radius 3 is 2.60 bits per heavy atom. The Labute approximate surface area is 125 Å². The van der Waals surface area contributed by atoms with Gasteiger partial charge in [-0.1, -0.05) is 6.07 Å². The van der Waals surface area contributed by atoms with Gasteiger partial charge in [0.1, 0.15) is 5.75 Å². The Hall–Kier alpha value is -1.95. The number of hydrogen-bond donors (Lipinski definition) is 2. The molecule has 20 heavy (non-hydrogen) atoms. The molecule has 0 unspecified atom stereocenters. The van der Waals surface area contributed by atoms with Crippen LogP contribution in [0.2, 0.25) is 0 Å². The summed E-state index contributed by atoms with van der Waals surface area (Å²) in [5.41, 5.74) is 1.91. The van der Waals surface area contributed by atoms with Gasteiger partial charge in [0.15, 0.2) is 0 Å². The van der Waals surface area contributed by atoms with Crippen molar-refractivity contribution < 1.29 is 13.9 Å². The van der Waals surface area contributed by atoms with E-state index in [1.807, 2.05) is 18.2 Å². The minimum Gasteiger partial charge on any atom is -0.496 e. The zero-order valence-electron chi connectivity index (χ0n) is 11.0. The van der Waals surface area contributed by atoms with Gasteiger partial charge in [0, 0.05) is 18.7 Å². The fraction of sp³-hybridized carbons (Fsp3) is 0.214. The zero-order chi connectivity index (χ0) is 14.4. The highest BCUT2D eigenvalue weighted by Crippen LogP contribution is 2.25. The molecular weight excluding hydrogens is 324 g/mol. The molecule has 6 heteroatoms. The third kappa shape index (κ3) is 4.03. The van der Waals surface area contributed by atoms with E-state index in [0.717, 1.165) is 21.3 Å². The number of amides is 2. The van der Waals surface area contributed by atoms with Gasteiger partial charge < -0.3 is 19.8 Å². The van der Waals surface area contributed by atoms with Crippen molar-refractivity contribution in [2.45, 2.75) is 13.1 Å². The lowest BCUT2D eigenvalue weighted by Crippen LogP contribution is -2.34. The number of hydrogen-bond acceptors (Lipinski definition) is 3. The molecule has 1 heterocycles. The highest BCUT2D eigenvalue weighted by Gasteiger charge is 2.04. The van der Waals surface area contributed by atoms with Gasteiger partial charge in [-0.2, -0.15) is 0 Å². The summed E-state index contributed by atoms with van der Waals surface area (Å²) in [5, 5.41) is 5.53. The Kier molecular flexibility index (Phi) is 5.06. The van der Waals surface area contributed by atoms with Gasteiger partial charge in [-0.25, -0.2) is 4.79 Å². The lowest BCUT2D eigenvalue weighted by Gasteiger charge is -2.08. The minimum absolute atomic E-state index is 0.224. The van der Waals surface area contributed by atoms with Crippen LogP contribution in [-0.4, -0.2) is 13.1 Å². The van der Waals surface area contributed by atoms with Gasteiger partial charge in [-0.3, -0.25) is 0 Å². The maximum atomic E-state index is 11.6. The van der Waals surface area contributed by atoms with Gasteiger partial charge in [-0.05, 0) is 39.7 Å². The van der Waals surface area contributed by atoms with Crippen molar-refractivity contribution in [3.05, 3.63) is 52.4 Å². The first kappa shape index (κ1) is 14.5. The summed E-state index contributed by atoms with van der Waals surface area (Å²) in [4.78, 5) is 11.6. The van der Waals surface area contributed by atoms with E-state index in [0.29, 0.717) is 13.1 Å². The molecule has 106 valence electrons. The molecule has 0 saturated heterocycles. The number of furan rings is 1. The molecule has 0 atom stereocenters. The maximum absolute atomic E-state index is 11.6. The van der Waals surface area contributed by atoms with Crippen LogP contribution in [0.3, 0.4) is 0 Å². The van der Waals surface area contributed by atoms with E-state index in [2.05, 4.69) is 26.6 Å². The summed E-state index contributed by atoms with van der Waals surface area (Å²) in [5.74, 6) is 0.762. The third-order valence-corrected chi connectivity index (χ3v) is 3.32. The second kappa shape index (κ2) is 7.00. The Morgan fingerprint density at radius 1 is 1.25 bits per heavy atom. The van der Waals surface area contributed by atoms with E-state index in [-0.39, 0.29) is 6.03 Å². The van der Waals surface area contributed by atoms with Crippen molar-refractivity contribution in [2.75, 3.05) is 7.11 Å². The zero-order valence-corrected chi connectivity index (χ0v) is 12.6. The molecule has 2 amide bonds. The summed E-state index contributed by atoms with van der Waals surface area (Å²) in [7, 11) is 1.61. The summed E-state index contributed by atoms with van der Waals surface area (Å²) in [6, 6.07) is 7.25. The first-order valence-electron chi connectivity index (χ1n) is 6.04. The molecule has 2 N–H and O–H groups in total. The molecule has 0 spiro atoms. The molecule has 0 aliphatic rings. The standard InChI is InChI=1S/C14H15BrN2O3/c1-19-13-3-2-10(6-12(13)15)7-16-14(18)17-8-11-4-5-20-9-11/h2-6,9H,7-8H2,1H3,(H2,16,17,18). The van der Waals surface area contributed by atoms with Gasteiger partial charge in [0.05, 0.1) is 24.1 Å². The van der Waals surface area contributed by atoms with Crippen LogP contribution < -0.4 is 15.4 Å². The molecule has 0 aliphatic carbocycles. The minimum atomic E-state index is -0.224. The molecule has 0 fully saturated rings. The summed E-state index contributed by atoms with van der Waals surface area (Å²) in [6.07, 6.45) is 3.17. The maximum Gasteiger partial charge on any atom is 0.315 e. The second-order valence-corrected chi connectivity index (χ2v) is 4.99. The van der Waals surface area contributed by atoms with Crippen LogP contribution in [-0.2, 0) is 13.1 Å². The highest BCUT2D eigenvalue weighted by molar-refractivity contribution is 9.10. The highest BCUT2D eigenvalue weighted by atomic mass is 79.9. The molecular formula is C14H15BrN2O3. The van der Waals surface area contributed by atoms with Crippen molar-refractivity contribution in [1.82, 2.24) is 10.6 Å². The Balaban J connectivity index is 1.79. The molecule has 1 aromatic heterocycles. The van der Waals surface area contributed by atoms with E-state index in [1.54, 1.807) is 25.7 Å². The molecule has 1 aromatic carbocycles. The van der Waals surface area contributed by atoms with Crippen molar-refractivity contribution in [3.63, 3.8) is 0 Å². The fourth-order valence-corrected chi connectivity index (χ4v) is 2.23. The van der Waals surface area contributed by atoms with Crippen molar-refractivity contribution in [1.29, 1.82) is 0 Å². The van der Waals surface area contributed by atoms with Crippen LogP contribution in [0.4, 0.5) is 4.79 Å². The van der Waals surface area contributed by atoms with Crippen LogP contribution >= 0.6 is 15.9 Å². The van der Waals surface area contributed by atoms with Gasteiger partial charge >= 0.3 is 6.03 Å². The monoisotopic (exact) mass is 338 g/mol. The number of nitrogens with one attached hydrogen (secondary N) is 2. The second-order valence-electron chi connectivity index (χ2n) is 4.14. The van der Waals surface area contributed by atoms with E-state index in [9.17, 15) is 4.79 Å². The molecule has 0 bridgehead atoms. The van der Waals surface area contributed by atoms with Gasteiger partial charge in [-0.15, -0.1) is 0 Å². The van der Waals surface area contributed by atoms with Crippen LogP contribution in [0.15, 0.2) is 45.7 Å². The number of carbonyl (C=O) groups excluding carboxylic acids is 1. The number of carbonyl (C=O) groups is 1. The lowest BCUT2D eigenvalue weighted by atomic mass is 10.2. The quantitative estimate of drug-likeness (QED) is 0.880. The van der Waals surface area contributed by atoms with E-state index < -0.39 is 0 Å². The predicted molar refractivity (Wildman–Crippen MR) is 78.5 cm³/mol. The van der Waals surface area contributed by atoms with Crippen LogP contribution in [0.1, 0.15) is 11.1 Å². The lowest BCUT2D eigenvalue weighted by molar-refractivity contribution is 0.240. The molecule has 2 rings (SSSR count). The molecule has 0 radical (unpaired) electrons. The Morgan fingerprint density at radius 2 is 2.00 bits per heavy atom. The summed E-state index contributed by atoms with van der Waals surface area (Å²) < 4.78 is 10.9. The van der Waals surface area contributed by atoms with Gasteiger partial charge in [0.25, 0.3) is 0 Å². The van der Waals surface area contributed by atoms with E-state index in [1.165, 1.54) is 0 Å². The SMILES string of the molecule is COc1ccc(CNC(=O)NCc2ccoc2)cc1Br. The first-order chi connectivity index (χ1) is 9.69. The summed E-state index contributed by atoms with van der Waals surface area (Å²) >= 11 is 3.41. The number of benzene rings is 1. The van der Waals surface area contributed by atoms with Crippen molar-refractivity contribution >= 4 is 22.0 Å². The first-order valence-corrected chi connectivity index (χ1v) is 6.83. The Bertz CT molecular complexity index is 570. The average Bonchev–Trinajstić information content (AvgIpc) is 2.96. The number of ether oxygens (including phenoxy) is 1. The number of methoxy groups -OCH3 is 1. The predicted octanol–water partition coefficient (Wildman–Crippen LogP) is 3.05. The number of rotatable bonds is 5. The summed E-state index contributed by atoms with van der Waals surface area (Å²) in [6.45, 7) is 0.883. The molecule has 5 nitrogen and oxygen atoms in total. The van der Waals surface area contributed by atoms with Crippen LogP contribution in [0.5, 0.6) is 5.75 Å². The smallest absolute Gasteiger partial charge is 0.315 e. The van der Waals surface area contributed by atoms with Crippen molar-refractivity contribution in [3.8, 4) is 5.75 Å². The van der Waals surface area contributed by atoms with Crippen molar-refractivity contribution in [2.24, 2.45) is 0 Å². The van der Waals surface area contributed by atoms with Crippen LogP contribution in [0.25, 0.3) is 0 Å². The largest absolute Gasteiger partial charge is 0.496 e. The van der Waals surface area contributed by atoms with E-state index >= 15 is 0 Å². The molecule has 0 saturated carbocycles. The van der Waals surface area contributed by atoms with E-state index in [4.69, 9.17) is 9.15 Å². The topological polar surface area (TPSA) is 63.5 Å². The number of urea groups is 1. The normalized spacial score (nSPS) is 10.1. The molecule has 2 aromatic rings. The van der Waals surface area contributed by atoms with Gasteiger partial charge in [0.2, 0.25) is 0 Å². The fourth-order valence-electron chi connectivity index (χ4n) is 1.64. The average molecular weight is 339 g/mol. The van der Waals surface area contributed by atoms with Crippen LogP contribution in [0, 0.1) is 0 Å². The number of halogens is 1.